The smallest absolute Gasteiger partial charge is 0.407 e. The molecule has 5 heteroatoms. The van der Waals surface area contributed by atoms with E-state index in [0.717, 1.165) is 16.9 Å². The van der Waals surface area contributed by atoms with Gasteiger partial charge in [0.1, 0.15) is 12.4 Å². The number of nitrogens with zero attached hydrogens (tertiary/aromatic N) is 1. The van der Waals surface area contributed by atoms with E-state index >= 15 is 0 Å². The van der Waals surface area contributed by atoms with Crippen molar-refractivity contribution in [1.29, 1.82) is 0 Å². The molecule has 2 aromatic carbocycles. The van der Waals surface area contributed by atoms with Gasteiger partial charge in [-0.25, -0.2) is 4.79 Å². The van der Waals surface area contributed by atoms with Crippen molar-refractivity contribution in [3.05, 3.63) is 65.7 Å². The molecule has 2 N–H and O–H groups in total. The topological polar surface area (TPSA) is 70.0 Å². The summed E-state index contributed by atoms with van der Waals surface area (Å²) < 4.78 is 5.80. The van der Waals surface area contributed by atoms with Gasteiger partial charge in [-0.05, 0) is 35.1 Å². The quantitative estimate of drug-likeness (QED) is 0.705. The van der Waals surface area contributed by atoms with Gasteiger partial charge in [0.15, 0.2) is 0 Å². The van der Waals surface area contributed by atoms with Crippen molar-refractivity contribution in [3.8, 4) is 5.75 Å². The first-order valence-corrected chi connectivity index (χ1v) is 9.17. The Balaban J connectivity index is 2.13. The maximum Gasteiger partial charge on any atom is 0.407 e. The SMILES string of the molecule is CC(C)(C)CN(C(=O)O)C(CCO)c1ccc(OCc2ccccc2)cc1. The number of ether oxygens (including phenoxy) is 1. The van der Waals surface area contributed by atoms with E-state index in [1.165, 1.54) is 4.90 Å². The summed E-state index contributed by atoms with van der Waals surface area (Å²) in [5.74, 6) is 0.725. The van der Waals surface area contributed by atoms with Gasteiger partial charge < -0.3 is 19.8 Å². The Bertz CT molecular complexity index is 707. The highest BCUT2D eigenvalue weighted by Crippen LogP contribution is 2.29. The fourth-order valence-corrected chi connectivity index (χ4v) is 2.97. The molecule has 1 unspecified atom stereocenters. The van der Waals surface area contributed by atoms with Crippen LogP contribution in [-0.4, -0.2) is 34.4 Å². The van der Waals surface area contributed by atoms with Gasteiger partial charge in [0.05, 0.1) is 6.04 Å². The van der Waals surface area contributed by atoms with E-state index in [2.05, 4.69) is 0 Å². The van der Waals surface area contributed by atoms with Crippen LogP contribution >= 0.6 is 0 Å². The molecule has 27 heavy (non-hydrogen) atoms. The number of rotatable bonds is 8. The van der Waals surface area contributed by atoms with Crippen LogP contribution in [0.4, 0.5) is 4.79 Å². The van der Waals surface area contributed by atoms with Crippen molar-refractivity contribution < 1.29 is 19.7 Å². The van der Waals surface area contributed by atoms with Crippen LogP contribution in [0.25, 0.3) is 0 Å². The van der Waals surface area contributed by atoms with Crippen molar-refractivity contribution in [1.82, 2.24) is 4.90 Å². The number of hydrogen-bond acceptors (Lipinski definition) is 3. The van der Waals surface area contributed by atoms with Crippen LogP contribution in [0, 0.1) is 5.41 Å². The van der Waals surface area contributed by atoms with Gasteiger partial charge in [0, 0.05) is 13.2 Å². The lowest BCUT2D eigenvalue weighted by molar-refractivity contribution is 0.0915. The average molecular weight is 371 g/mol. The number of carbonyl (C=O) groups is 1. The Labute approximate surface area is 161 Å². The number of amides is 1. The summed E-state index contributed by atoms with van der Waals surface area (Å²) >= 11 is 0. The fraction of sp³-hybridized carbons (Fsp3) is 0.409. The number of hydrogen-bond donors (Lipinski definition) is 2. The van der Waals surface area contributed by atoms with Gasteiger partial charge in [0.2, 0.25) is 0 Å². The Hall–Kier alpha value is -2.53. The molecular formula is C22H29NO4. The molecular weight excluding hydrogens is 342 g/mol. The summed E-state index contributed by atoms with van der Waals surface area (Å²) in [6.07, 6.45) is -0.625. The van der Waals surface area contributed by atoms with Gasteiger partial charge in [-0.2, -0.15) is 0 Å². The molecule has 1 amide bonds. The Morgan fingerprint density at radius 1 is 1.07 bits per heavy atom. The molecule has 2 aromatic rings. The second kappa shape index (κ2) is 9.42. The standard InChI is InChI=1S/C22H29NO4/c1-22(2,3)16-23(21(25)26)20(13-14-24)18-9-11-19(12-10-18)27-15-17-7-5-4-6-8-17/h4-12,20,24H,13-16H2,1-3H3,(H,25,26). The van der Waals surface area contributed by atoms with Gasteiger partial charge in [-0.3, -0.25) is 0 Å². The lowest BCUT2D eigenvalue weighted by Gasteiger charge is -2.34. The molecule has 5 nitrogen and oxygen atoms in total. The van der Waals surface area contributed by atoms with Crippen molar-refractivity contribution in [2.24, 2.45) is 5.41 Å². The second-order valence-electron chi connectivity index (χ2n) is 7.84. The maximum absolute atomic E-state index is 11.8. The summed E-state index contributed by atoms with van der Waals surface area (Å²) in [7, 11) is 0. The zero-order valence-corrected chi connectivity index (χ0v) is 16.3. The van der Waals surface area contributed by atoms with Crippen molar-refractivity contribution in [2.45, 2.75) is 39.8 Å². The highest BCUT2D eigenvalue weighted by molar-refractivity contribution is 5.66. The molecule has 0 spiro atoms. The molecule has 0 aliphatic heterocycles. The molecule has 0 radical (unpaired) electrons. The molecule has 0 aromatic heterocycles. The first kappa shape index (κ1) is 20.8. The summed E-state index contributed by atoms with van der Waals surface area (Å²) in [6, 6.07) is 17.0. The molecule has 0 bridgehead atoms. The summed E-state index contributed by atoms with van der Waals surface area (Å²) in [4.78, 5) is 13.2. The lowest BCUT2D eigenvalue weighted by Crippen LogP contribution is -2.40. The monoisotopic (exact) mass is 371 g/mol. The first-order chi connectivity index (χ1) is 12.8. The van der Waals surface area contributed by atoms with E-state index in [4.69, 9.17) is 4.74 Å². The molecule has 0 saturated heterocycles. The van der Waals surface area contributed by atoms with E-state index < -0.39 is 12.1 Å². The molecule has 0 heterocycles. The fourth-order valence-electron chi connectivity index (χ4n) is 2.97. The third-order valence-corrected chi connectivity index (χ3v) is 4.18. The van der Waals surface area contributed by atoms with Crippen LogP contribution in [0.1, 0.15) is 44.4 Å². The molecule has 0 saturated carbocycles. The Morgan fingerprint density at radius 3 is 2.22 bits per heavy atom. The summed E-state index contributed by atoms with van der Waals surface area (Å²) in [5, 5.41) is 19.1. The zero-order chi connectivity index (χ0) is 19.9. The normalized spacial score (nSPS) is 12.4. The lowest BCUT2D eigenvalue weighted by atomic mass is 9.93. The van der Waals surface area contributed by atoms with Crippen LogP contribution in [0.3, 0.4) is 0 Å². The van der Waals surface area contributed by atoms with E-state index in [-0.39, 0.29) is 12.0 Å². The van der Waals surface area contributed by atoms with Crippen LogP contribution in [0.2, 0.25) is 0 Å². The van der Waals surface area contributed by atoms with Crippen LogP contribution in [0.5, 0.6) is 5.75 Å². The van der Waals surface area contributed by atoms with Crippen molar-refractivity contribution in [2.75, 3.05) is 13.2 Å². The number of benzene rings is 2. The van der Waals surface area contributed by atoms with E-state index in [9.17, 15) is 15.0 Å². The third kappa shape index (κ3) is 6.61. The molecule has 1 atom stereocenters. The van der Waals surface area contributed by atoms with Gasteiger partial charge >= 0.3 is 6.09 Å². The van der Waals surface area contributed by atoms with E-state index in [1.807, 2.05) is 75.4 Å². The second-order valence-corrected chi connectivity index (χ2v) is 7.84. The van der Waals surface area contributed by atoms with Crippen molar-refractivity contribution >= 4 is 6.09 Å². The highest BCUT2D eigenvalue weighted by Gasteiger charge is 2.28. The maximum atomic E-state index is 11.8. The predicted molar refractivity (Wildman–Crippen MR) is 106 cm³/mol. The van der Waals surface area contributed by atoms with Crippen LogP contribution in [-0.2, 0) is 6.61 Å². The molecule has 2 rings (SSSR count). The van der Waals surface area contributed by atoms with Crippen molar-refractivity contribution in [3.63, 3.8) is 0 Å². The molecule has 0 fully saturated rings. The van der Waals surface area contributed by atoms with Gasteiger partial charge in [0.25, 0.3) is 0 Å². The largest absolute Gasteiger partial charge is 0.489 e. The number of aliphatic hydroxyl groups excluding tert-OH is 1. The van der Waals surface area contributed by atoms with Gasteiger partial charge in [-0.15, -0.1) is 0 Å². The van der Waals surface area contributed by atoms with E-state index in [0.29, 0.717) is 19.6 Å². The van der Waals surface area contributed by atoms with Crippen LogP contribution in [0.15, 0.2) is 54.6 Å². The molecule has 146 valence electrons. The number of aliphatic hydroxyl groups is 1. The predicted octanol–water partition coefficient (Wildman–Crippen LogP) is 4.72. The molecule has 0 aliphatic rings. The Morgan fingerprint density at radius 2 is 1.70 bits per heavy atom. The minimum absolute atomic E-state index is 0.0785. The van der Waals surface area contributed by atoms with Crippen LogP contribution < -0.4 is 4.74 Å². The molecule has 0 aliphatic carbocycles. The summed E-state index contributed by atoms with van der Waals surface area (Å²) in [5.41, 5.74) is 1.76. The van der Waals surface area contributed by atoms with E-state index in [1.54, 1.807) is 0 Å². The summed E-state index contributed by atoms with van der Waals surface area (Å²) in [6.45, 7) is 6.79. The number of carboxylic acid groups (broad SMARTS) is 1. The third-order valence-electron chi connectivity index (χ3n) is 4.18. The zero-order valence-electron chi connectivity index (χ0n) is 16.3. The Kier molecular flexibility index (Phi) is 7.25. The first-order valence-electron chi connectivity index (χ1n) is 9.17. The minimum Gasteiger partial charge on any atom is -0.489 e. The highest BCUT2D eigenvalue weighted by atomic mass is 16.5. The van der Waals surface area contributed by atoms with Gasteiger partial charge in [-0.1, -0.05) is 63.2 Å². The average Bonchev–Trinajstić information content (AvgIpc) is 2.63. The minimum atomic E-state index is -0.979.